The Kier molecular flexibility index (Phi) is 7.68. The normalized spacial score (nSPS) is 14.6. The Labute approximate surface area is 180 Å². The second-order valence-corrected chi connectivity index (χ2v) is 7.57. The predicted octanol–water partition coefficient (Wildman–Crippen LogP) is 2.62. The van der Waals surface area contributed by atoms with Crippen LogP contribution in [0.3, 0.4) is 0 Å². The van der Waals surface area contributed by atoms with E-state index in [2.05, 4.69) is 10.6 Å². The third kappa shape index (κ3) is 6.49. The second-order valence-electron chi connectivity index (χ2n) is 7.14. The van der Waals surface area contributed by atoms with E-state index in [9.17, 15) is 14.4 Å². The van der Waals surface area contributed by atoms with Crippen molar-refractivity contribution in [3.63, 3.8) is 0 Å². The van der Waals surface area contributed by atoms with Crippen LogP contribution in [0.25, 0.3) is 6.08 Å². The van der Waals surface area contributed by atoms with Gasteiger partial charge in [-0.2, -0.15) is 0 Å². The van der Waals surface area contributed by atoms with Crippen molar-refractivity contribution in [1.29, 1.82) is 0 Å². The Balaban J connectivity index is 1.34. The molecule has 7 nitrogen and oxygen atoms in total. The molecule has 1 saturated heterocycles. The molecule has 2 heterocycles. The minimum Gasteiger partial charge on any atom is -0.465 e. The Morgan fingerprint density at radius 1 is 1.07 bits per heavy atom. The number of carbonyl (C=O) groups excluding carboxylic acids is 3. The van der Waals surface area contributed by atoms with Crippen LogP contribution in [0.2, 0.25) is 5.02 Å². The number of hydrogen-bond acceptors (Lipinski definition) is 4. The van der Waals surface area contributed by atoms with Gasteiger partial charge < -0.3 is 20.0 Å². The third-order valence-corrected chi connectivity index (χ3v) is 5.24. The summed E-state index contributed by atoms with van der Waals surface area (Å²) in [7, 11) is 0. The van der Waals surface area contributed by atoms with Crippen molar-refractivity contribution in [2.75, 3.05) is 19.6 Å². The Morgan fingerprint density at radius 2 is 1.77 bits per heavy atom. The summed E-state index contributed by atoms with van der Waals surface area (Å²) >= 11 is 5.82. The maximum atomic E-state index is 12.2. The number of likely N-dealkylation sites (tertiary alicyclic amines) is 1. The molecule has 3 rings (SSSR count). The fraction of sp³-hybridized carbons (Fsp3) is 0.318. The molecule has 0 unspecified atom stereocenters. The molecule has 2 N–H and O–H groups in total. The summed E-state index contributed by atoms with van der Waals surface area (Å²) in [5.74, 6) is -0.508. The summed E-state index contributed by atoms with van der Waals surface area (Å²) in [6, 6.07) is 10.6. The Hall–Kier alpha value is -3.06. The summed E-state index contributed by atoms with van der Waals surface area (Å²) in [5.41, 5.74) is 0.860. The molecule has 0 radical (unpaired) electrons. The Morgan fingerprint density at radius 3 is 2.43 bits per heavy atom. The van der Waals surface area contributed by atoms with E-state index >= 15 is 0 Å². The molecule has 1 aromatic carbocycles. The van der Waals surface area contributed by atoms with Crippen LogP contribution in [0.1, 0.15) is 24.2 Å². The quantitative estimate of drug-likeness (QED) is 0.545. The van der Waals surface area contributed by atoms with Crippen molar-refractivity contribution >= 4 is 35.4 Å². The van der Waals surface area contributed by atoms with Crippen LogP contribution in [0.15, 0.2) is 53.2 Å². The van der Waals surface area contributed by atoms with Crippen LogP contribution in [0.4, 0.5) is 0 Å². The van der Waals surface area contributed by atoms with E-state index in [0.29, 0.717) is 30.4 Å². The van der Waals surface area contributed by atoms with Crippen molar-refractivity contribution in [2.24, 2.45) is 5.92 Å². The molecule has 30 heavy (non-hydrogen) atoms. The lowest BCUT2D eigenvalue weighted by Crippen LogP contribution is -2.44. The van der Waals surface area contributed by atoms with Crippen LogP contribution in [0.5, 0.6) is 0 Å². The van der Waals surface area contributed by atoms with Gasteiger partial charge in [-0.05, 0) is 54.7 Å². The lowest BCUT2D eigenvalue weighted by Gasteiger charge is -2.31. The number of nitrogens with zero attached hydrogens (tertiary/aromatic N) is 1. The van der Waals surface area contributed by atoms with Crippen LogP contribution >= 0.6 is 11.6 Å². The first-order valence-corrected chi connectivity index (χ1v) is 10.2. The maximum absolute atomic E-state index is 12.2. The van der Waals surface area contributed by atoms with Gasteiger partial charge in [0, 0.05) is 37.3 Å². The highest BCUT2D eigenvalue weighted by atomic mass is 35.5. The molecule has 3 amide bonds. The van der Waals surface area contributed by atoms with E-state index in [1.54, 1.807) is 53.6 Å². The molecular weight excluding hydrogens is 406 g/mol. The van der Waals surface area contributed by atoms with Crippen molar-refractivity contribution < 1.29 is 18.8 Å². The molecule has 0 bridgehead atoms. The van der Waals surface area contributed by atoms with Gasteiger partial charge in [-0.1, -0.05) is 23.7 Å². The van der Waals surface area contributed by atoms with Gasteiger partial charge in [-0.3, -0.25) is 14.4 Å². The largest absolute Gasteiger partial charge is 0.465 e. The number of rotatable bonds is 6. The minimum absolute atomic E-state index is 0.0598. The van der Waals surface area contributed by atoms with Crippen molar-refractivity contribution in [1.82, 2.24) is 15.5 Å². The highest BCUT2D eigenvalue weighted by Crippen LogP contribution is 2.17. The van der Waals surface area contributed by atoms with Gasteiger partial charge in [-0.25, -0.2) is 0 Å². The molecule has 158 valence electrons. The van der Waals surface area contributed by atoms with Gasteiger partial charge in [0.2, 0.25) is 5.91 Å². The first-order valence-electron chi connectivity index (χ1n) is 9.82. The summed E-state index contributed by atoms with van der Waals surface area (Å²) < 4.78 is 5.17. The topological polar surface area (TPSA) is 91.7 Å². The predicted molar refractivity (Wildman–Crippen MR) is 113 cm³/mol. The molecule has 1 fully saturated rings. The fourth-order valence-corrected chi connectivity index (χ4v) is 3.31. The van der Waals surface area contributed by atoms with Gasteiger partial charge >= 0.3 is 11.8 Å². The first kappa shape index (κ1) is 21.6. The summed E-state index contributed by atoms with van der Waals surface area (Å²) in [6.45, 7) is 1.90. The van der Waals surface area contributed by atoms with Crippen LogP contribution in [-0.2, 0) is 20.9 Å². The molecule has 8 heteroatoms. The number of nitrogens with one attached hydrogen (secondary N) is 2. The van der Waals surface area contributed by atoms with Gasteiger partial charge in [-0.15, -0.1) is 0 Å². The molecule has 1 aliphatic rings. The summed E-state index contributed by atoms with van der Waals surface area (Å²) in [5, 5.41) is 5.89. The average molecular weight is 430 g/mol. The van der Waals surface area contributed by atoms with E-state index in [0.717, 1.165) is 18.4 Å². The number of benzene rings is 1. The van der Waals surface area contributed by atoms with Crippen molar-refractivity contribution in [2.45, 2.75) is 19.4 Å². The van der Waals surface area contributed by atoms with E-state index in [4.69, 9.17) is 16.0 Å². The highest BCUT2D eigenvalue weighted by Gasteiger charge is 2.23. The number of carbonyl (C=O) groups is 3. The number of hydrogen-bond donors (Lipinski definition) is 2. The molecule has 1 aliphatic heterocycles. The van der Waals surface area contributed by atoms with E-state index in [1.165, 1.54) is 6.08 Å². The molecule has 2 aromatic rings. The van der Waals surface area contributed by atoms with Gasteiger partial charge in [0.25, 0.3) is 0 Å². The van der Waals surface area contributed by atoms with Crippen LogP contribution in [0, 0.1) is 5.92 Å². The van der Waals surface area contributed by atoms with Gasteiger partial charge in [0.1, 0.15) is 5.76 Å². The van der Waals surface area contributed by atoms with E-state index < -0.39 is 11.8 Å². The van der Waals surface area contributed by atoms with Crippen molar-refractivity contribution in [3.8, 4) is 0 Å². The molecular formula is C22H24ClN3O4. The minimum atomic E-state index is -0.666. The number of halogens is 1. The number of amides is 3. The average Bonchev–Trinajstić information content (AvgIpc) is 3.29. The molecule has 0 aliphatic carbocycles. The van der Waals surface area contributed by atoms with Gasteiger partial charge in [0.05, 0.1) is 6.26 Å². The van der Waals surface area contributed by atoms with Gasteiger partial charge in [0.15, 0.2) is 0 Å². The van der Waals surface area contributed by atoms with E-state index in [1.807, 2.05) is 0 Å². The second kappa shape index (κ2) is 10.6. The standard InChI is InChI=1S/C22H24ClN3O4/c23-18-5-3-16(4-6-18)14-24-21(28)22(29)25-15-17-9-11-26(12-10-17)20(27)8-7-19-2-1-13-30-19/h1-8,13,17H,9-12,14-15H2,(H,24,28)(H,25,29)/b8-7+. The fourth-order valence-electron chi connectivity index (χ4n) is 3.18. The number of piperidine rings is 1. The summed E-state index contributed by atoms with van der Waals surface area (Å²) in [4.78, 5) is 38.0. The zero-order valence-corrected chi connectivity index (χ0v) is 17.2. The molecule has 0 spiro atoms. The zero-order chi connectivity index (χ0) is 21.3. The Bertz CT molecular complexity index is 886. The highest BCUT2D eigenvalue weighted by molar-refractivity contribution is 6.35. The van der Waals surface area contributed by atoms with Crippen molar-refractivity contribution in [3.05, 3.63) is 65.1 Å². The molecule has 0 saturated carbocycles. The molecule has 0 atom stereocenters. The lowest BCUT2D eigenvalue weighted by molar-refractivity contribution is -0.139. The maximum Gasteiger partial charge on any atom is 0.309 e. The third-order valence-electron chi connectivity index (χ3n) is 4.98. The zero-order valence-electron chi connectivity index (χ0n) is 16.5. The van der Waals surface area contributed by atoms with E-state index in [-0.39, 0.29) is 18.4 Å². The number of furan rings is 1. The monoisotopic (exact) mass is 429 g/mol. The van der Waals surface area contributed by atoms with Crippen LogP contribution in [-0.4, -0.2) is 42.3 Å². The summed E-state index contributed by atoms with van der Waals surface area (Å²) in [6.07, 6.45) is 6.26. The molecule has 1 aromatic heterocycles. The SMILES string of the molecule is O=C(NCc1ccc(Cl)cc1)C(=O)NCC1CCN(C(=O)/C=C/c2ccco2)CC1. The smallest absolute Gasteiger partial charge is 0.309 e. The first-order chi connectivity index (χ1) is 14.5. The van der Waals surface area contributed by atoms with Crippen LogP contribution < -0.4 is 10.6 Å². The lowest BCUT2D eigenvalue weighted by atomic mass is 9.96.